The van der Waals surface area contributed by atoms with Crippen LogP contribution >= 0.6 is 0 Å². The SMILES string of the molecule is CC(C)(C)CCN1CNC(=O)CC1C(=O)Nc1ccccc1N. The third-order valence-corrected chi connectivity index (χ3v) is 3.97. The highest BCUT2D eigenvalue weighted by Gasteiger charge is 2.33. The Labute approximate surface area is 137 Å². The third-order valence-electron chi connectivity index (χ3n) is 3.97. The Morgan fingerprint density at radius 1 is 1.39 bits per heavy atom. The van der Waals surface area contributed by atoms with Crippen molar-refractivity contribution in [2.75, 3.05) is 24.3 Å². The van der Waals surface area contributed by atoms with Crippen LogP contribution in [0.4, 0.5) is 11.4 Å². The minimum absolute atomic E-state index is 0.0989. The number of nitrogen functional groups attached to an aromatic ring is 1. The molecule has 0 saturated carbocycles. The van der Waals surface area contributed by atoms with Crippen molar-refractivity contribution >= 4 is 23.2 Å². The molecule has 0 aliphatic carbocycles. The smallest absolute Gasteiger partial charge is 0.242 e. The Bertz CT molecular complexity index is 580. The van der Waals surface area contributed by atoms with E-state index in [4.69, 9.17) is 5.73 Å². The van der Waals surface area contributed by atoms with Crippen molar-refractivity contribution in [3.05, 3.63) is 24.3 Å². The third kappa shape index (κ3) is 4.96. The van der Waals surface area contributed by atoms with Gasteiger partial charge in [-0.25, -0.2) is 0 Å². The van der Waals surface area contributed by atoms with Gasteiger partial charge >= 0.3 is 0 Å². The Morgan fingerprint density at radius 2 is 2.09 bits per heavy atom. The molecule has 2 rings (SSSR count). The van der Waals surface area contributed by atoms with Gasteiger partial charge in [0.1, 0.15) is 0 Å². The highest BCUT2D eigenvalue weighted by molar-refractivity contribution is 5.99. The largest absolute Gasteiger partial charge is 0.397 e. The zero-order valence-electron chi connectivity index (χ0n) is 14.1. The number of carbonyl (C=O) groups excluding carboxylic acids is 2. The zero-order chi connectivity index (χ0) is 17.0. The molecule has 1 atom stereocenters. The summed E-state index contributed by atoms with van der Waals surface area (Å²) in [6.07, 6.45) is 1.11. The van der Waals surface area contributed by atoms with Crippen LogP contribution in [0.3, 0.4) is 0 Å². The fourth-order valence-electron chi connectivity index (χ4n) is 2.48. The lowest BCUT2D eigenvalue weighted by Crippen LogP contribution is -2.56. The van der Waals surface area contributed by atoms with Crippen molar-refractivity contribution in [3.63, 3.8) is 0 Å². The van der Waals surface area contributed by atoms with Gasteiger partial charge in [-0.15, -0.1) is 0 Å². The molecule has 6 nitrogen and oxygen atoms in total. The van der Waals surface area contributed by atoms with Gasteiger partial charge in [0.25, 0.3) is 0 Å². The van der Waals surface area contributed by atoms with Crippen LogP contribution in [0.5, 0.6) is 0 Å². The summed E-state index contributed by atoms with van der Waals surface area (Å²) < 4.78 is 0. The normalized spacial score (nSPS) is 19.3. The van der Waals surface area contributed by atoms with Crippen molar-refractivity contribution in [1.82, 2.24) is 10.2 Å². The molecule has 0 spiro atoms. The van der Waals surface area contributed by atoms with E-state index in [1.54, 1.807) is 12.1 Å². The topological polar surface area (TPSA) is 87.5 Å². The quantitative estimate of drug-likeness (QED) is 0.739. The van der Waals surface area contributed by atoms with Crippen LogP contribution < -0.4 is 16.4 Å². The summed E-state index contributed by atoms with van der Waals surface area (Å²) in [6, 6.07) is 6.66. The molecular formula is C17H26N4O2. The predicted molar refractivity (Wildman–Crippen MR) is 91.7 cm³/mol. The molecule has 0 bridgehead atoms. The Balaban J connectivity index is 2.07. The average Bonchev–Trinajstić information content (AvgIpc) is 2.47. The maximum absolute atomic E-state index is 12.6. The van der Waals surface area contributed by atoms with Crippen LogP contribution in [0.15, 0.2) is 24.3 Å². The van der Waals surface area contributed by atoms with E-state index in [1.165, 1.54) is 0 Å². The molecule has 2 amide bonds. The van der Waals surface area contributed by atoms with Crippen LogP contribution in [0, 0.1) is 5.41 Å². The van der Waals surface area contributed by atoms with Crippen LogP contribution in [-0.2, 0) is 9.59 Å². The fraction of sp³-hybridized carbons (Fsp3) is 0.529. The first-order chi connectivity index (χ1) is 10.8. The van der Waals surface area contributed by atoms with Gasteiger partial charge in [0.2, 0.25) is 11.8 Å². The van der Waals surface area contributed by atoms with Crippen molar-refractivity contribution < 1.29 is 9.59 Å². The molecule has 1 fully saturated rings. The molecule has 0 aromatic heterocycles. The summed E-state index contributed by atoms with van der Waals surface area (Å²) in [4.78, 5) is 26.3. The second kappa shape index (κ2) is 7.00. The second-order valence-corrected chi connectivity index (χ2v) is 7.18. The van der Waals surface area contributed by atoms with E-state index in [0.29, 0.717) is 18.0 Å². The number of rotatable bonds is 4. The fourth-order valence-corrected chi connectivity index (χ4v) is 2.48. The van der Waals surface area contributed by atoms with E-state index in [1.807, 2.05) is 17.0 Å². The van der Waals surface area contributed by atoms with Gasteiger partial charge in [-0.05, 0) is 24.0 Å². The molecule has 1 heterocycles. The molecule has 1 aromatic carbocycles. The Hall–Kier alpha value is -2.08. The molecule has 1 aromatic rings. The van der Waals surface area contributed by atoms with Crippen LogP contribution in [0.2, 0.25) is 0 Å². The number of hydrogen-bond donors (Lipinski definition) is 3. The molecule has 1 aliphatic heterocycles. The summed E-state index contributed by atoms with van der Waals surface area (Å²) >= 11 is 0. The lowest BCUT2D eigenvalue weighted by atomic mass is 9.91. The zero-order valence-corrected chi connectivity index (χ0v) is 14.1. The van der Waals surface area contributed by atoms with Crippen molar-refractivity contribution in [1.29, 1.82) is 0 Å². The van der Waals surface area contributed by atoms with E-state index < -0.39 is 6.04 Å². The molecular weight excluding hydrogens is 292 g/mol. The van der Waals surface area contributed by atoms with Crippen molar-refractivity contribution in [3.8, 4) is 0 Å². The van der Waals surface area contributed by atoms with Gasteiger partial charge < -0.3 is 16.4 Å². The van der Waals surface area contributed by atoms with Crippen molar-refractivity contribution in [2.45, 2.75) is 39.7 Å². The minimum Gasteiger partial charge on any atom is -0.397 e. The molecule has 23 heavy (non-hydrogen) atoms. The first kappa shape index (κ1) is 17.3. The van der Waals surface area contributed by atoms with Crippen LogP contribution in [-0.4, -0.2) is 36.0 Å². The molecule has 4 N–H and O–H groups in total. The number of benzene rings is 1. The number of para-hydroxylation sites is 2. The van der Waals surface area contributed by atoms with E-state index >= 15 is 0 Å². The molecule has 1 unspecified atom stereocenters. The maximum Gasteiger partial charge on any atom is 0.242 e. The lowest BCUT2D eigenvalue weighted by molar-refractivity contribution is -0.133. The molecule has 0 radical (unpaired) electrons. The summed E-state index contributed by atoms with van der Waals surface area (Å²) in [5, 5.41) is 5.65. The Kier molecular flexibility index (Phi) is 5.26. The van der Waals surface area contributed by atoms with Crippen LogP contribution in [0.25, 0.3) is 0 Å². The number of nitrogens with two attached hydrogens (primary N) is 1. The van der Waals surface area contributed by atoms with Gasteiger partial charge in [-0.3, -0.25) is 14.5 Å². The highest BCUT2D eigenvalue weighted by atomic mass is 16.2. The summed E-state index contributed by atoms with van der Waals surface area (Å²) in [7, 11) is 0. The van der Waals surface area contributed by atoms with Crippen molar-refractivity contribution in [2.24, 2.45) is 5.41 Å². The minimum atomic E-state index is -0.467. The van der Waals surface area contributed by atoms with Gasteiger partial charge in [-0.2, -0.15) is 0 Å². The number of hydrogen-bond acceptors (Lipinski definition) is 4. The molecule has 126 valence electrons. The molecule has 1 saturated heterocycles. The van der Waals surface area contributed by atoms with Gasteiger partial charge in [-0.1, -0.05) is 32.9 Å². The first-order valence-corrected chi connectivity index (χ1v) is 7.92. The van der Waals surface area contributed by atoms with Gasteiger partial charge in [0, 0.05) is 6.54 Å². The predicted octanol–water partition coefficient (Wildman–Crippen LogP) is 1.79. The van der Waals surface area contributed by atoms with Gasteiger partial charge in [0.15, 0.2) is 0 Å². The average molecular weight is 318 g/mol. The second-order valence-electron chi connectivity index (χ2n) is 7.18. The maximum atomic E-state index is 12.6. The number of amides is 2. The summed E-state index contributed by atoms with van der Waals surface area (Å²) in [6.45, 7) is 7.64. The molecule has 6 heteroatoms. The van der Waals surface area contributed by atoms with E-state index in [2.05, 4.69) is 31.4 Å². The summed E-state index contributed by atoms with van der Waals surface area (Å²) in [5.74, 6) is -0.287. The number of nitrogens with one attached hydrogen (secondary N) is 2. The number of nitrogens with zero attached hydrogens (tertiary/aromatic N) is 1. The Morgan fingerprint density at radius 3 is 2.74 bits per heavy atom. The first-order valence-electron chi connectivity index (χ1n) is 7.92. The standard InChI is InChI=1S/C17H26N4O2/c1-17(2,3)8-9-21-11-19-15(22)10-14(21)16(23)20-13-7-5-4-6-12(13)18/h4-7,14H,8-11,18H2,1-3H3,(H,19,22)(H,20,23). The molecule has 1 aliphatic rings. The number of anilines is 2. The van der Waals surface area contributed by atoms with E-state index in [0.717, 1.165) is 13.0 Å². The highest BCUT2D eigenvalue weighted by Crippen LogP contribution is 2.22. The monoisotopic (exact) mass is 318 g/mol. The number of carbonyl (C=O) groups is 2. The summed E-state index contributed by atoms with van der Waals surface area (Å²) in [5.41, 5.74) is 7.14. The van der Waals surface area contributed by atoms with E-state index in [9.17, 15) is 9.59 Å². The van der Waals surface area contributed by atoms with Gasteiger partial charge in [0.05, 0.1) is 30.5 Å². The lowest BCUT2D eigenvalue weighted by Gasteiger charge is -2.36. The van der Waals surface area contributed by atoms with E-state index in [-0.39, 0.29) is 23.7 Å². The van der Waals surface area contributed by atoms with Crippen LogP contribution in [0.1, 0.15) is 33.6 Å².